The fourth-order valence-corrected chi connectivity index (χ4v) is 1.95. The number of hydrogen-bond acceptors (Lipinski definition) is 7. The molecule has 0 aliphatic heterocycles. The number of carbonyl (C=O) groups is 1. The van der Waals surface area contributed by atoms with Crippen LogP contribution in [-0.2, 0) is 36.7 Å². The van der Waals surface area contributed by atoms with Crippen molar-refractivity contribution in [1.82, 2.24) is 15.0 Å². The number of hydrogen-bond donors (Lipinski definition) is 0. The zero-order chi connectivity index (χ0) is 18.2. The second-order valence-electron chi connectivity index (χ2n) is 5.62. The van der Waals surface area contributed by atoms with E-state index in [-0.39, 0.29) is 5.78 Å². The molecule has 0 N–H and O–H groups in total. The van der Waals surface area contributed by atoms with Crippen molar-refractivity contribution in [2.24, 2.45) is 0 Å². The van der Waals surface area contributed by atoms with E-state index in [0.717, 1.165) is 18.5 Å². The molecule has 0 fully saturated rings. The van der Waals surface area contributed by atoms with Crippen LogP contribution in [0.3, 0.4) is 0 Å². The molecular weight excluding hydrogens is 326 g/mol. The molecule has 0 saturated carbocycles. The summed E-state index contributed by atoms with van der Waals surface area (Å²) in [6.45, 7) is 8.57. The molecule has 0 atom stereocenters. The number of ketones is 1. The van der Waals surface area contributed by atoms with Crippen LogP contribution in [-0.4, -0.2) is 73.6 Å². The largest absolute Gasteiger partial charge is 0.379 e. The lowest BCUT2D eigenvalue weighted by molar-refractivity contribution is -0.118. The van der Waals surface area contributed by atoms with Crippen molar-refractivity contribution < 1.29 is 23.7 Å². The summed E-state index contributed by atoms with van der Waals surface area (Å²) in [5.74, 6) is 0.138. The molecule has 0 bridgehead atoms. The highest BCUT2D eigenvalue weighted by molar-refractivity contribution is 5.75. The molecule has 1 heterocycles. The van der Waals surface area contributed by atoms with Crippen molar-refractivity contribution in [3.8, 4) is 0 Å². The molecule has 1 aromatic heterocycles. The molecule has 1 aromatic rings. The van der Waals surface area contributed by atoms with Crippen LogP contribution in [0.1, 0.15) is 32.4 Å². The lowest BCUT2D eigenvalue weighted by atomic mass is 10.3. The Bertz CT molecular complexity index is 453. The average molecular weight is 357 g/mol. The molecule has 1 rings (SSSR count). The van der Waals surface area contributed by atoms with Crippen LogP contribution in [0.15, 0.2) is 6.20 Å². The fourth-order valence-electron chi connectivity index (χ4n) is 1.95. The maximum Gasteiger partial charge on any atom is 0.132 e. The third kappa shape index (κ3) is 12.6. The Morgan fingerprint density at radius 2 is 1.52 bits per heavy atom. The lowest BCUT2D eigenvalue weighted by Gasteiger charge is -2.07. The average Bonchev–Trinajstić information content (AvgIpc) is 3.03. The van der Waals surface area contributed by atoms with E-state index in [1.165, 1.54) is 0 Å². The summed E-state index contributed by atoms with van der Waals surface area (Å²) in [5, 5.41) is 8.14. The third-order valence-electron chi connectivity index (χ3n) is 3.27. The van der Waals surface area contributed by atoms with Crippen LogP contribution in [0, 0.1) is 0 Å². The number of rotatable bonds is 17. The van der Waals surface area contributed by atoms with Gasteiger partial charge in [-0.3, -0.25) is 4.79 Å². The number of carbonyl (C=O) groups excluding carboxylic acids is 1. The van der Waals surface area contributed by atoms with Gasteiger partial charge in [0.15, 0.2) is 0 Å². The van der Waals surface area contributed by atoms with Gasteiger partial charge in [-0.25, -0.2) is 4.68 Å². The summed E-state index contributed by atoms with van der Waals surface area (Å²) in [5.41, 5.74) is 1.02. The van der Waals surface area contributed by atoms with Crippen molar-refractivity contribution in [2.75, 3.05) is 52.9 Å². The van der Waals surface area contributed by atoms with E-state index in [4.69, 9.17) is 18.9 Å². The topological polar surface area (TPSA) is 84.7 Å². The van der Waals surface area contributed by atoms with Crippen molar-refractivity contribution >= 4 is 5.78 Å². The van der Waals surface area contributed by atoms with E-state index in [9.17, 15) is 4.79 Å². The Morgan fingerprint density at radius 1 is 0.960 bits per heavy atom. The summed E-state index contributed by atoms with van der Waals surface area (Å²) < 4.78 is 23.3. The first-order chi connectivity index (χ1) is 12.2. The Hall–Kier alpha value is -1.35. The zero-order valence-corrected chi connectivity index (χ0v) is 15.4. The molecule has 144 valence electrons. The van der Waals surface area contributed by atoms with Gasteiger partial charge in [-0.1, -0.05) is 18.6 Å². The third-order valence-corrected chi connectivity index (χ3v) is 3.27. The van der Waals surface area contributed by atoms with Crippen LogP contribution in [0.25, 0.3) is 0 Å². The monoisotopic (exact) mass is 357 g/mol. The lowest BCUT2D eigenvalue weighted by Crippen LogP contribution is -2.13. The summed E-state index contributed by atoms with van der Waals surface area (Å²) in [6.07, 6.45) is 4.45. The molecule has 25 heavy (non-hydrogen) atoms. The molecular formula is C17H31N3O5. The van der Waals surface area contributed by atoms with E-state index < -0.39 is 0 Å². The first-order valence-electron chi connectivity index (χ1n) is 8.91. The van der Waals surface area contributed by atoms with Crippen LogP contribution < -0.4 is 0 Å². The molecule has 0 unspecified atom stereocenters. The van der Waals surface area contributed by atoms with Gasteiger partial charge in [-0.2, -0.15) is 0 Å². The van der Waals surface area contributed by atoms with Gasteiger partial charge in [0.1, 0.15) is 5.78 Å². The van der Waals surface area contributed by atoms with E-state index >= 15 is 0 Å². The molecule has 0 aliphatic carbocycles. The molecule has 0 radical (unpaired) electrons. The number of Topliss-reactive ketones (excluding diaryl/α,β-unsaturated/α-hetero) is 1. The number of aromatic nitrogens is 3. The van der Waals surface area contributed by atoms with E-state index in [1.807, 2.05) is 6.20 Å². The summed E-state index contributed by atoms with van der Waals surface area (Å²) in [6, 6.07) is 0. The minimum absolute atomic E-state index is 0.138. The standard InChI is InChI=1S/C17H31N3O5/c1-3-4-17-15-20(19-18-17)6-8-23-10-12-25-14-13-24-11-9-22-7-5-16(2)21/h15H,3-14H2,1-2H3. The predicted octanol–water partition coefficient (Wildman–Crippen LogP) is 1.28. The number of ether oxygens (including phenoxy) is 4. The number of nitrogens with zero attached hydrogens (tertiary/aromatic N) is 3. The molecule has 0 saturated heterocycles. The SMILES string of the molecule is CCCc1cn(CCOCCOCCOCCOCCC(C)=O)nn1. The van der Waals surface area contributed by atoms with Crippen molar-refractivity contribution in [3.63, 3.8) is 0 Å². The highest BCUT2D eigenvalue weighted by atomic mass is 16.6. The van der Waals surface area contributed by atoms with Crippen LogP contribution >= 0.6 is 0 Å². The van der Waals surface area contributed by atoms with Crippen molar-refractivity contribution in [2.45, 2.75) is 39.7 Å². The zero-order valence-electron chi connectivity index (χ0n) is 15.4. The van der Waals surface area contributed by atoms with E-state index in [2.05, 4.69) is 17.2 Å². The second-order valence-corrected chi connectivity index (χ2v) is 5.62. The molecule has 0 aromatic carbocycles. The van der Waals surface area contributed by atoms with Crippen LogP contribution in [0.4, 0.5) is 0 Å². The fraction of sp³-hybridized carbons (Fsp3) is 0.824. The smallest absolute Gasteiger partial charge is 0.132 e. The molecule has 0 amide bonds. The second kappa shape index (κ2) is 14.9. The molecule has 0 aliphatic rings. The summed E-state index contributed by atoms with van der Waals surface area (Å²) in [4.78, 5) is 10.7. The van der Waals surface area contributed by atoms with Crippen molar-refractivity contribution in [1.29, 1.82) is 0 Å². The molecule has 8 nitrogen and oxygen atoms in total. The number of aryl methyl sites for hydroxylation is 1. The minimum atomic E-state index is 0.138. The Kier molecular flexibility index (Phi) is 13.0. The van der Waals surface area contributed by atoms with E-state index in [0.29, 0.717) is 65.8 Å². The minimum Gasteiger partial charge on any atom is -0.379 e. The maximum absolute atomic E-state index is 10.7. The maximum atomic E-state index is 10.7. The van der Waals surface area contributed by atoms with Crippen LogP contribution in [0.5, 0.6) is 0 Å². The Labute approximate surface area is 149 Å². The van der Waals surface area contributed by atoms with Crippen molar-refractivity contribution in [3.05, 3.63) is 11.9 Å². The van der Waals surface area contributed by atoms with Gasteiger partial charge in [0.25, 0.3) is 0 Å². The van der Waals surface area contributed by atoms with Gasteiger partial charge < -0.3 is 18.9 Å². The summed E-state index contributed by atoms with van der Waals surface area (Å²) in [7, 11) is 0. The van der Waals surface area contributed by atoms with Gasteiger partial charge in [0.2, 0.25) is 0 Å². The predicted molar refractivity (Wildman–Crippen MR) is 92.6 cm³/mol. The van der Waals surface area contributed by atoms with Gasteiger partial charge in [-0.05, 0) is 13.3 Å². The highest BCUT2D eigenvalue weighted by Crippen LogP contribution is 1.97. The normalized spacial score (nSPS) is 11.1. The van der Waals surface area contributed by atoms with Gasteiger partial charge in [-0.15, -0.1) is 5.10 Å². The Morgan fingerprint density at radius 3 is 2.08 bits per heavy atom. The van der Waals surface area contributed by atoms with Crippen LogP contribution in [0.2, 0.25) is 0 Å². The van der Waals surface area contributed by atoms with Gasteiger partial charge in [0.05, 0.1) is 65.1 Å². The first kappa shape index (κ1) is 21.7. The van der Waals surface area contributed by atoms with Gasteiger partial charge in [0, 0.05) is 12.6 Å². The molecule has 0 spiro atoms. The van der Waals surface area contributed by atoms with E-state index in [1.54, 1.807) is 11.6 Å². The summed E-state index contributed by atoms with van der Waals surface area (Å²) >= 11 is 0. The van der Waals surface area contributed by atoms with Gasteiger partial charge >= 0.3 is 0 Å². The highest BCUT2D eigenvalue weighted by Gasteiger charge is 1.99. The quantitative estimate of drug-likeness (QED) is 0.388. The Balaban J connectivity index is 1.79. The molecule has 8 heteroatoms. The first-order valence-corrected chi connectivity index (χ1v) is 8.91.